The summed E-state index contributed by atoms with van der Waals surface area (Å²) in [6.07, 6.45) is 10.8. The summed E-state index contributed by atoms with van der Waals surface area (Å²) in [6.45, 7) is 6.80. The molecule has 2 atom stereocenters. The van der Waals surface area contributed by atoms with E-state index in [9.17, 15) is 0 Å². The summed E-state index contributed by atoms with van der Waals surface area (Å²) in [4.78, 5) is 7.03. The molecule has 1 aliphatic heterocycles. The molecule has 1 aromatic heterocycles. The molecule has 0 bridgehead atoms. The van der Waals surface area contributed by atoms with E-state index in [4.69, 9.17) is 0 Å². The molecule has 118 valence electrons. The van der Waals surface area contributed by atoms with Gasteiger partial charge in [0.25, 0.3) is 0 Å². The third kappa shape index (κ3) is 3.49. The molecule has 1 saturated heterocycles. The van der Waals surface area contributed by atoms with Gasteiger partial charge < -0.3 is 9.88 Å². The van der Waals surface area contributed by atoms with E-state index in [2.05, 4.69) is 53.2 Å². The summed E-state index contributed by atoms with van der Waals surface area (Å²) >= 11 is 0. The molecule has 1 aromatic rings. The lowest BCUT2D eigenvalue weighted by molar-refractivity contribution is 0.178. The van der Waals surface area contributed by atoms with Crippen LogP contribution >= 0.6 is 0 Å². The van der Waals surface area contributed by atoms with Crippen molar-refractivity contribution in [2.24, 2.45) is 5.92 Å². The third-order valence-corrected chi connectivity index (χ3v) is 4.98. The van der Waals surface area contributed by atoms with Gasteiger partial charge in [-0.2, -0.15) is 0 Å². The molecule has 0 amide bonds. The highest BCUT2D eigenvalue weighted by Crippen LogP contribution is 2.40. The highest BCUT2D eigenvalue weighted by atomic mass is 15.2. The van der Waals surface area contributed by atoms with Crippen LogP contribution < -0.4 is 5.32 Å². The quantitative estimate of drug-likeness (QED) is 0.905. The van der Waals surface area contributed by atoms with Gasteiger partial charge in [0.15, 0.2) is 0 Å². The minimum Gasteiger partial charge on any atom is -0.330 e. The summed E-state index contributed by atoms with van der Waals surface area (Å²) in [5.41, 5.74) is 1.44. The Morgan fingerprint density at radius 1 is 1.29 bits per heavy atom. The zero-order chi connectivity index (χ0) is 14.8. The van der Waals surface area contributed by atoms with Crippen molar-refractivity contribution in [3.05, 3.63) is 18.2 Å². The van der Waals surface area contributed by atoms with Crippen LogP contribution in [0.5, 0.6) is 0 Å². The maximum Gasteiger partial charge on any atom is 0.0951 e. The van der Waals surface area contributed by atoms with Crippen LogP contribution in [-0.2, 0) is 0 Å². The summed E-state index contributed by atoms with van der Waals surface area (Å²) in [5.74, 6) is 0.689. The number of imidazole rings is 1. The predicted octanol–water partition coefficient (Wildman–Crippen LogP) is 2.99. The Bertz CT molecular complexity index is 449. The molecular formula is C17H30N4. The van der Waals surface area contributed by atoms with Gasteiger partial charge >= 0.3 is 0 Å². The largest absolute Gasteiger partial charge is 0.330 e. The van der Waals surface area contributed by atoms with Crippen LogP contribution in [0.3, 0.4) is 0 Å². The maximum absolute atomic E-state index is 4.47. The fourth-order valence-electron chi connectivity index (χ4n) is 3.69. The van der Waals surface area contributed by atoms with Gasteiger partial charge in [-0.05, 0) is 45.2 Å². The summed E-state index contributed by atoms with van der Waals surface area (Å²) in [5, 5.41) is 3.66. The minimum atomic E-state index is 0.516. The van der Waals surface area contributed by atoms with E-state index in [1.54, 1.807) is 0 Å². The number of hydrogen-bond acceptors (Lipinski definition) is 3. The van der Waals surface area contributed by atoms with E-state index >= 15 is 0 Å². The number of aromatic nitrogens is 2. The average Bonchev–Trinajstić information content (AvgIpc) is 3.21. The Hall–Kier alpha value is -0.870. The van der Waals surface area contributed by atoms with Crippen molar-refractivity contribution in [2.75, 3.05) is 20.1 Å². The molecule has 1 N–H and O–H groups in total. The van der Waals surface area contributed by atoms with Crippen LogP contribution in [0.1, 0.15) is 63.7 Å². The van der Waals surface area contributed by atoms with E-state index in [0.717, 1.165) is 12.6 Å². The fourth-order valence-corrected chi connectivity index (χ4v) is 3.69. The Labute approximate surface area is 128 Å². The third-order valence-electron chi connectivity index (χ3n) is 4.98. The number of hydrogen-bond donors (Lipinski definition) is 1. The van der Waals surface area contributed by atoms with E-state index in [-0.39, 0.29) is 0 Å². The molecule has 4 heteroatoms. The number of rotatable bonds is 5. The Morgan fingerprint density at radius 3 is 2.81 bits per heavy atom. The molecule has 2 heterocycles. The van der Waals surface area contributed by atoms with Gasteiger partial charge in [0.1, 0.15) is 0 Å². The van der Waals surface area contributed by atoms with E-state index < -0.39 is 0 Å². The van der Waals surface area contributed by atoms with Crippen LogP contribution in [0.4, 0.5) is 0 Å². The first-order chi connectivity index (χ1) is 10.2. The van der Waals surface area contributed by atoms with E-state index in [0.29, 0.717) is 18.0 Å². The highest BCUT2D eigenvalue weighted by molar-refractivity contribution is 5.11. The van der Waals surface area contributed by atoms with Crippen LogP contribution in [0, 0.1) is 5.92 Å². The topological polar surface area (TPSA) is 33.1 Å². The first-order valence-corrected chi connectivity index (χ1v) is 8.62. The second kappa shape index (κ2) is 6.49. The lowest BCUT2D eigenvalue weighted by Gasteiger charge is -2.33. The van der Waals surface area contributed by atoms with Crippen LogP contribution in [0.2, 0.25) is 0 Å². The molecule has 1 saturated carbocycles. The number of nitrogens with one attached hydrogen (secondary N) is 1. The Morgan fingerprint density at radius 2 is 2.10 bits per heavy atom. The van der Waals surface area contributed by atoms with Crippen LogP contribution in [0.25, 0.3) is 0 Å². The Kier molecular flexibility index (Phi) is 4.65. The average molecular weight is 290 g/mol. The smallest absolute Gasteiger partial charge is 0.0951 e. The zero-order valence-corrected chi connectivity index (χ0v) is 13.8. The molecule has 2 fully saturated rings. The normalized spacial score (nSPS) is 28.0. The second-order valence-electron chi connectivity index (χ2n) is 7.20. The van der Waals surface area contributed by atoms with Crippen molar-refractivity contribution in [3.8, 4) is 0 Å². The molecule has 2 unspecified atom stereocenters. The van der Waals surface area contributed by atoms with Gasteiger partial charge in [0.05, 0.1) is 18.1 Å². The highest BCUT2D eigenvalue weighted by Gasteiger charge is 2.34. The molecule has 1 aliphatic carbocycles. The van der Waals surface area contributed by atoms with Crippen molar-refractivity contribution in [3.63, 3.8) is 0 Å². The van der Waals surface area contributed by atoms with E-state index in [1.165, 1.54) is 44.3 Å². The van der Waals surface area contributed by atoms with Gasteiger partial charge in [-0.15, -0.1) is 0 Å². The van der Waals surface area contributed by atoms with Gasteiger partial charge in [-0.3, -0.25) is 4.90 Å². The van der Waals surface area contributed by atoms with Crippen molar-refractivity contribution in [1.82, 2.24) is 19.8 Å². The first-order valence-electron chi connectivity index (χ1n) is 8.62. The zero-order valence-electron chi connectivity index (χ0n) is 13.8. The molecule has 0 aromatic carbocycles. The van der Waals surface area contributed by atoms with Gasteiger partial charge in [-0.25, -0.2) is 4.98 Å². The van der Waals surface area contributed by atoms with Crippen molar-refractivity contribution >= 4 is 0 Å². The maximum atomic E-state index is 4.47. The minimum absolute atomic E-state index is 0.516. The summed E-state index contributed by atoms with van der Waals surface area (Å²) < 4.78 is 2.45. The van der Waals surface area contributed by atoms with Gasteiger partial charge in [0.2, 0.25) is 0 Å². The summed E-state index contributed by atoms with van der Waals surface area (Å²) in [7, 11) is 2.29. The molecule has 0 radical (unpaired) electrons. The van der Waals surface area contributed by atoms with Crippen molar-refractivity contribution < 1.29 is 0 Å². The van der Waals surface area contributed by atoms with Crippen LogP contribution in [0.15, 0.2) is 12.5 Å². The fraction of sp³-hybridized carbons (Fsp3) is 0.824. The SMILES string of the molecule is CC(C)NCC1CCCCN(C)C1c1cncn1C1CC1. The Balaban J connectivity index is 1.83. The van der Waals surface area contributed by atoms with Crippen molar-refractivity contribution in [1.29, 1.82) is 0 Å². The molecule has 3 rings (SSSR count). The van der Waals surface area contributed by atoms with Gasteiger partial charge in [-0.1, -0.05) is 20.3 Å². The molecule has 2 aliphatic rings. The molecule has 0 spiro atoms. The lowest BCUT2D eigenvalue weighted by Crippen LogP contribution is -2.37. The van der Waals surface area contributed by atoms with E-state index in [1.807, 2.05) is 0 Å². The number of likely N-dealkylation sites (tertiary alicyclic amines) is 1. The number of nitrogens with zero attached hydrogens (tertiary/aromatic N) is 3. The molecular weight excluding hydrogens is 260 g/mol. The monoisotopic (exact) mass is 290 g/mol. The van der Waals surface area contributed by atoms with Crippen LogP contribution in [-0.4, -0.2) is 40.6 Å². The first kappa shape index (κ1) is 15.0. The van der Waals surface area contributed by atoms with Crippen molar-refractivity contribution in [2.45, 2.75) is 64.1 Å². The lowest BCUT2D eigenvalue weighted by atomic mass is 9.92. The predicted molar refractivity (Wildman–Crippen MR) is 86.3 cm³/mol. The van der Waals surface area contributed by atoms with Gasteiger partial charge in [0, 0.05) is 24.8 Å². The molecule has 21 heavy (non-hydrogen) atoms. The second-order valence-corrected chi connectivity index (χ2v) is 7.20. The molecule has 4 nitrogen and oxygen atoms in total. The standard InChI is InChI=1S/C17H30N4/c1-13(2)19-10-14-6-4-5-9-20(3)17(14)16-11-18-12-21(16)15-7-8-15/h11-15,17,19H,4-10H2,1-3H3. The summed E-state index contributed by atoms with van der Waals surface area (Å²) in [6, 6.07) is 1.80.